The number of benzene rings is 2. The van der Waals surface area contributed by atoms with E-state index in [-0.39, 0.29) is 12.2 Å². The summed E-state index contributed by atoms with van der Waals surface area (Å²) in [6.45, 7) is 0.186. The minimum atomic E-state index is -1.13. The number of carbonyl (C=O) groups is 2. The van der Waals surface area contributed by atoms with Crippen molar-refractivity contribution < 1.29 is 22.8 Å². The zero-order valence-corrected chi connectivity index (χ0v) is 14.2. The summed E-state index contributed by atoms with van der Waals surface area (Å²) >= 11 is 0. The van der Waals surface area contributed by atoms with Gasteiger partial charge in [0.1, 0.15) is 11.7 Å². The third kappa shape index (κ3) is 3.05. The van der Waals surface area contributed by atoms with Gasteiger partial charge in [0.2, 0.25) is 11.8 Å². The van der Waals surface area contributed by atoms with Crippen molar-refractivity contribution in [2.24, 2.45) is 5.92 Å². The van der Waals surface area contributed by atoms with Crippen LogP contribution < -0.4 is 4.90 Å². The molecule has 1 saturated heterocycles. The molecule has 0 radical (unpaired) electrons. The smallest absolute Gasteiger partial charge is 0.240 e. The maximum atomic E-state index is 14.0. The molecule has 136 valence electrons. The predicted octanol–water partition coefficient (Wildman–Crippen LogP) is 2.94. The van der Waals surface area contributed by atoms with Crippen molar-refractivity contribution in [1.29, 1.82) is 0 Å². The van der Waals surface area contributed by atoms with Crippen molar-refractivity contribution >= 4 is 17.5 Å². The molecule has 1 heterocycles. The Bertz CT molecular complexity index is 872. The zero-order chi connectivity index (χ0) is 19.0. The molecule has 2 aromatic rings. The van der Waals surface area contributed by atoms with Gasteiger partial charge in [-0.15, -0.1) is 0 Å². The molecule has 26 heavy (non-hydrogen) atoms. The molecule has 0 aliphatic carbocycles. The van der Waals surface area contributed by atoms with E-state index in [4.69, 9.17) is 0 Å². The number of carbonyl (C=O) groups excluding carboxylic acids is 2. The first-order valence-corrected chi connectivity index (χ1v) is 8.03. The molecule has 0 spiro atoms. The molecule has 4 nitrogen and oxygen atoms in total. The summed E-state index contributed by atoms with van der Waals surface area (Å²) < 4.78 is 40.8. The first-order chi connectivity index (χ1) is 12.3. The van der Waals surface area contributed by atoms with Gasteiger partial charge in [-0.2, -0.15) is 0 Å². The SMILES string of the molecule is CN1CC(c2ccc(F)c(F)c2)C(C(=O)N(C)c2ccccc2F)C1=O. The fourth-order valence-electron chi connectivity index (χ4n) is 3.27. The van der Waals surface area contributed by atoms with E-state index in [2.05, 4.69) is 0 Å². The summed E-state index contributed by atoms with van der Waals surface area (Å²) in [6, 6.07) is 9.05. The molecule has 1 aliphatic rings. The van der Waals surface area contributed by atoms with E-state index in [1.807, 2.05) is 0 Å². The van der Waals surface area contributed by atoms with Crippen molar-refractivity contribution in [2.45, 2.75) is 5.92 Å². The quantitative estimate of drug-likeness (QED) is 0.788. The number of likely N-dealkylation sites (tertiary alicyclic amines) is 1. The lowest BCUT2D eigenvalue weighted by atomic mass is 9.87. The Morgan fingerprint density at radius 1 is 1.08 bits per heavy atom. The zero-order valence-electron chi connectivity index (χ0n) is 14.2. The number of halogens is 3. The summed E-state index contributed by atoms with van der Waals surface area (Å²) in [6.07, 6.45) is 0. The topological polar surface area (TPSA) is 40.6 Å². The molecule has 1 fully saturated rings. The van der Waals surface area contributed by atoms with Gasteiger partial charge in [0, 0.05) is 26.6 Å². The van der Waals surface area contributed by atoms with E-state index in [1.54, 1.807) is 6.07 Å². The Balaban J connectivity index is 1.96. The van der Waals surface area contributed by atoms with Crippen LogP contribution in [0.3, 0.4) is 0 Å². The van der Waals surface area contributed by atoms with Gasteiger partial charge in [0.05, 0.1) is 5.69 Å². The van der Waals surface area contributed by atoms with Crippen LogP contribution in [0.15, 0.2) is 42.5 Å². The highest BCUT2D eigenvalue weighted by Crippen LogP contribution is 2.35. The molecule has 7 heteroatoms. The van der Waals surface area contributed by atoms with Crippen LogP contribution in [0.2, 0.25) is 0 Å². The van der Waals surface area contributed by atoms with Gasteiger partial charge in [-0.05, 0) is 29.8 Å². The first kappa shape index (κ1) is 18.0. The third-order valence-electron chi connectivity index (χ3n) is 4.70. The second-order valence-electron chi connectivity index (χ2n) is 6.33. The van der Waals surface area contributed by atoms with Gasteiger partial charge in [0.25, 0.3) is 0 Å². The summed E-state index contributed by atoms with van der Waals surface area (Å²) in [5.74, 6) is -5.45. The lowest BCUT2D eigenvalue weighted by Crippen LogP contribution is -2.39. The lowest BCUT2D eigenvalue weighted by molar-refractivity contribution is -0.136. The second kappa shape index (κ2) is 6.82. The van der Waals surface area contributed by atoms with E-state index >= 15 is 0 Å². The summed E-state index contributed by atoms with van der Waals surface area (Å²) in [5.41, 5.74) is 0.394. The van der Waals surface area contributed by atoms with Gasteiger partial charge in [-0.3, -0.25) is 9.59 Å². The molecular formula is C19H17F3N2O2. The molecule has 2 aromatic carbocycles. The summed E-state index contributed by atoms with van der Waals surface area (Å²) in [4.78, 5) is 27.9. The number of hydrogen-bond acceptors (Lipinski definition) is 2. The number of rotatable bonds is 3. The molecule has 2 atom stereocenters. The van der Waals surface area contributed by atoms with Crippen molar-refractivity contribution in [3.8, 4) is 0 Å². The Morgan fingerprint density at radius 3 is 2.42 bits per heavy atom. The van der Waals surface area contributed by atoms with Crippen LogP contribution in [0.25, 0.3) is 0 Å². The van der Waals surface area contributed by atoms with Crippen molar-refractivity contribution in [1.82, 2.24) is 4.90 Å². The fourth-order valence-corrected chi connectivity index (χ4v) is 3.27. The van der Waals surface area contributed by atoms with E-state index in [0.29, 0.717) is 5.56 Å². The molecule has 2 unspecified atom stereocenters. The third-order valence-corrected chi connectivity index (χ3v) is 4.70. The average Bonchev–Trinajstić information content (AvgIpc) is 2.91. The second-order valence-corrected chi connectivity index (χ2v) is 6.33. The largest absolute Gasteiger partial charge is 0.344 e. The Kier molecular flexibility index (Phi) is 4.71. The minimum Gasteiger partial charge on any atom is -0.344 e. The van der Waals surface area contributed by atoms with Crippen LogP contribution in [0.1, 0.15) is 11.5 Å². The molecule has 0 N–H and O–H groups in total. The molecule has 3 rings (SSSR count). The van der Waals surface area contributed by atoms with Crippen molar-refractivity contribution in [2.75, 3.05) is 25.5 Å². The maximum absolute atomic E-state index is 14.0. The Labute approximate surface area is 148 Å². The van der Waals surface area contributed by atoms with Gasteiger partial charge in [0.15, 0.2) is 11.6 Å². The minimum absolute atomic E-state index is 0.0453. The van der Waals surface area contributed by atoms with Crippen LogP contribution in [0.5, 0.6) is 0 Å². The summed E-state index contributed by atoms with van der Waals surface area (Å²) in [5, 5.41) is 0. The number of hydrogen-bond donors (Lipinski definition) is 0. The summed E-state index contributed by atoms with van der Waals surface area (Å²) in [7, 11) is 2.92. The standard InChI is InChI=1S/C19H17F3N2O2/c1-23-10-12(11-7-8-13(20)15(22)9-11)17(18(23)25)19(26)24(2)16-6-4-3-5-14(16)21/h3-9,12,17H,10H2,1-2H3. The molecule has 0 saturated carbocycles. The van der Waals surface area contributed by atoms with Crippen LogP contribution in [0, 0.1) is 23.4 Å². The predicted molar refractivity (Wildman–Crippen MR) is 90.0 cm³/mol. The highest BCUT2D eigenvalue weighted by molar-refractivity contribution is 6.09. The van der Waals surface area contributed by atoms with Crippen LogP contribution in [-0.4, -0.2) is 37.4 Å². The van der Waals surface area contributed by atoms with E-state index in [1.165, 1.54) is 43.3 Å². The van der Waals surface area contributed by atoms with E-state index in [0.717, 1.165) is 17.0 Å². The highest BCUT2D eigenvalue weighted by Gasteiger charge is 2.45. The Hall–Kier alpha value is -2.83. The number of likely N-dealkylation sites (N-methyl/N-ethyl adjacent to an activating group) is 1. The Morgan fingerprint density at radius 2 is 1.77 bits per heavy atom. The highest BCUT2D eigenvalue weighted by atomic mass is 19.2. The van der Waals surface area contributed by atoms with E-state index in [9.17, 15) is 22.8 Å². The van der Waals surface area contributed by atoms with Crippen LogP contribution in [-0.2, 0) is 9.59 Å². The molecular weight excluding hydrogens is 345 g/mol. The average molecular weight is 362 g/mol. The number of amides is 2. The normalized spacial score (nSPS) is 19.7. The number of anilines is 1. The monoisotopic (exact) mass is 362 g/mol. The number of nitrogens with zero attached hydrogens (tertiary/aromatic N) is 2. The number of para-hydroxylation sites is 1. The molecule has 1 aliphatic heterocycles. The van der Waals surface area contributed by atoms with Gasteiger partial charge in [-0.25, -0.2) is 13.2 Å². The van der Waals surface area contributed by atoms with Crippen LogP contribution in [0.4, 0.5) is 18.9 Å². The van der Waals surface area contributed by atoms with Gasteiger partial charge < -0.3 is 9.80 Å². The van der Waals surface area contributed by atoms with Crippen LogP contribution >= 0.6 is 0 Å². The molecule has 0 aromatic heterocycles. The molecule has 2 amide bonds. The van der Waals surface area contributed by atoms with Gasteiger partial charge in [-0.1, -0.05) is 18.2 Å². The van der Waals surface area contributed by atoms with Crippen molar-refractivity contribution in [3.05, 3.63) is 65.5 Å². The molecule has 0 bridgehead atoms. The lowest BCUT2D eigenvalue weighted by Gasteiger charge is -2.24. The maximum Gasteiger partial charge on any atom is 0.240 e. The van der Waals surface area contributed by atoms with Gasteiger partial charge >= 0.3 is 0 Å². The first-order valence-electron chi connectivity index (χ1n) is 8.03. The van der Waals surface area contributed by atoms with Crippen molar-refractivity contribution in [3.63, 3.8) is 0 Å². The fraction of sp³-hybridized carbons (Fsp3) is 0.263. The van der Waals surface area contributed by atoms with E-state index < -0.39 is 41.1 Å².